The van der Waals surface area contributed by atoms with Gasteiger partial charge in [0.2, 0.25) is 0 Å². The van der Waals surface area contributed by atoms with Crippen molar-refractivity contribution in [2.24, 2.45) is 5.73 Å². The molecular formula is C25H25F3N4O3. The molecule has 1 amide bonds. The molecule has 184 valence electrons. The monoisotopic (exact) mass is 486 g/mol. The zero-order valence-corrected chi connectivity index (χ0v) is 19.1. The Bertz CT molecular complexity index is 1220. The van der Waals surface area contributed by atoms with Gasteiger partial charge in [-0.05, 0) is 50.1 Å². The van der Waals surface area contributed by atoms with E-state index in [1.165, 1.54) is 12.4 Å². The number of halogens is 3. The van der Waals surface area contributed by atoms with Gasteiger partial charge in [0, 0.05) is 17.8 Å². The lowest BCUT2D eigenvalue weighted by Gasteiger charge is -2.45. The molecule has 4 N–H and O–H groups in total. The van der Waals surface area contributed by atoms with Crippen LogP contribution in [0.1, 0.15) is 48.8 Å². The van der Waals surface area contributed by atoms with Crippen LogP contribution in [0.4, 0.5) is 18.9 Å². The molecule has 1 aliphatic rings. The van der Waals surface area contributed by atoms with Gasteiger partial charge in [0.25, 0.3) is 5.91 Å². The highest BCUT2D eigenvalue weighted by atomic mass is 19.1. The molecule has 4 atom stereocenters. The fourth-order valence-electron chi connectivity index (χ4n) is 4.35. The van der Waals surface area contributed by atoms with Crippen LogP contribution in [0, 0.1) is 17.5 Å². The molecule has 1 saturated heterocycles. The summed E-state index contributed by atoms with van der Waals surface area (Å²) in [6.07, 6.45) is 2.56. The number of hydrogen-bond acceptors (Lipinski definition) is 6. The molecule has 3 aromatic rings. The van der Waals surface area contributed by atoms with Gasteiger partial charge in [-0.15, -0.1) is 0 Å². The Kier molecular flexibility index (Phi) is 6.88. The number of pyridine rings is 2. The summed E-state index contributed by atoms with van der Waals surface area (Å²) in [6.45, 7) is 3.57. The van der Waals surface area contributed by atoms with E-state index >= 15 is 0 Å². The van der Waals surface area contributed by atoms with Crippen molar-refractivity contribution in [3.05, 3.63) is 77.5 Å². The molecule has 0 aliphatic carbocycles. The third-order valence-corrected chi connectivity index (χ3v) is 6.48. The highest BCUT2D eigenvalue weighted by Gasteiger charge is 2.46. The van der Waals surface area contributed by atoms with E-state index in [1.54, 1.807) is 13.0 Å². The molecule has 1 aromatic carbocycles. The Hall–Kier alpha value is -3.34. The highest BCUT2D eigenvalue weighted by molar-refractivity contribution is 6.03. The third-order valence-electron chi connectivity index (χ3n) is 6.48. The van der Waals surface area contributed by atoms with E-state index in [-0.39, 0.29) is 5.69 Å². The average molecular weight is 486 g/mol. The maximum absolute atomic E-state index is 14.4. The van der Waals surface area contributed by atoms with Gasteiger partial charge in [-0.3, -0.25) is 9.78 Å². The van der Waals surface area contributed by atoms with Gasteiger partial charge < -0.3 is 20.9 Å². The van der Waals surface area contributed by atoms with Crippen LogP contribution >= 0.6 is 0 Å². The Balaban J connectivity index is 1.62. The number of benzene rings is 1. The molecule has 35 heavy (non-hydrogen) atoms. The quantitative estimate of drug-likeness (QED) is 0.500. The number of aromatic nitrogens is 2. The smallest absolute Gasteiger partial charge is 0.274 e. The lowest BCUT2D eigenvalue weighted by Crippen LogP contribution is -2.59. The summed E-state index contributed by atoms with van der Waals surface area (Å²) in [6, 6.07) is 6.23. The van der Waals surface area contributed by atoms with E-state index in [9.17, 15) is 23.1 Å². The molecule has 2 aromatic heterocycles. The van der Waals surface area contributed by atoms with Crippen LogP contribution in [-0.4, -0.2) is 38.7 Å². The number of nitrogens with one attached hydrogen (secondary N) is 1. The number of nitrogens with two attached hydrogens (primary N) is 1. The predicted octanol–water partition coefficient (Wildman–Crippen LogP) is 4.13. The maximum atomic E-state index is 14.4. The van der Waals surface area contributed by atoms with Gasteiger partial charge in [-0.2, -0.15) is 0 Å². The lowest BCUT2D eigenvalue weighted by molar-refractivity contribution is -0.181. The summed E-state index contributed by atoms with van der Waals surface area (Å²) >= 11 is 0. The van der Waals surface area contributed by atoms with Crippen LogP contribution in [0.5, 0.6) is 0 Å². The number of hydrogen-bond donors (Lipinski definition) is 3. The van der Waals surface area contributed by atoms with Crippen LogP contribution in [-0.2, 0) is 4.74 Å². The molecule has 0 spiro atoms. The van der Waals surface area contributed by atoms with E-state index in [1.807, 2.05) is 6.92 Å². The summed E-state index contributed by atoms with van der Waals surface area (Å²) < 4.78 is 48.8. The van der Waals surface area contributed by atoms with E-state index < -0.39 is 58.5 Å². The normalized spacial score (nSPS) is 24.3. The average Bonchev–Trinajstić information content (AvgIpc) is 2.83. The number of anilines is 1. The van der Waals surface area contributed by atoms with E-state index in [2.05, 4.69) is 15.3 Å². The minimum atomic E-state index is -1.18. The number of nitrogens with zero attached hydrogens (tertiary/aromatic N) is 2. The van der Waals surface area contributed by atoms with Crippen LogP contribution in [0.3, 0.4) is 0 Å². The third kappa shape index (κ3) is 4.64. The molecule has 4 rings (SSSR count). The SMILES string of the molecule is CC[C@]1(O)[C@H](N)C[C@H](c2ccncc2NC(=O)c2ccc(F)c(-c3c(F)cccc3F)n2)O[C@@H]1C. The molecule has 7 nitrogen and oxygen atoms in total. The van der Waals surface area contributed by atoms with Crippen molar-refractivity contribution in [2.75, 3.05) is 5.32 Å². The largest absolute Gasteiger partial charge is 0.386 e. The zero-order chi connectivity index (χ0) is 25.3. The Morgan fingerprint density at radius 3 is 2.57 bits per heavy atom. The van der Waals surface area contributed by atoms with Crippen molar-refractivity contribution in [1.29, 1.82) is 0 Å². The fraction of sp³-hybridized carbons (Fsp3) is 0.320. The van der Waals surface area contributed by atoms with E-state index in [0.29, 0.717) is 24.1 Å². The van der Waals surface area contributed by atoms with Gasteiger partial charge in [0.1, 0.15) is 34.4 Å². The molecule has 3 heterocycles. The van der Waals surface area contributed by atoms with E-state index in [0.717, 1.165) is 30.3 Å². The number of aliphatic hydroxyl groups is 1. The topological polar surface area (TPSA) is 110 Å². The van der Waals surface area contributed by atoms with Crippen molar-refractivity contribution in [3.63, 3.8) is 0 Å². The van der Waals surface area contributed by atoms with Crippen molar-refractivity contribution in [2.45, 2.75) is 50.5 Å². The number of amides is 1. The summed E-state index contributed by atoms with van der Waals surface area (Å²) in [5.74, 6) is -3.73. The zero-order valence-electron chi connectivity index (χ0n) is 19.1. The van der Waals surface area contributed by atoms with Crippen molar-refractivity contribution in [1.82, 2.24) is 9.97 Å². The van der Waals surface area contributed by atoms with Gasteiger partial charge in [0.05, 0.1) is 29.7 Å². The first-order chi connectivity index (χ1) is 16.7. The minimum absolute atomic E-state index is 0.256. The molecule has 1 fully saturated rings. The van der Waals surface area contributed by atoms with E-state index in [4.69, 9.17) is 10.5 Å². The summed E-state index contributed by atoms with van der Waals surface area (Å²) in [4.78, 5) is 20.9. The summed E-state index contributed by atoms with van der Waals surface area (Å²) in [5, 5.41) is 13.5. The molecule has 1 aliphatic heterocycles. The van der Waals surface area contributed by atoms with Crippen LogP contribution in [0.15, 0.2) is 48.8 Å². The van der Waals surface area contributed by atoms with Crippen molar-refractivity contribution < 1.29 is 27.8 Å². The number of rotatable bonds is 5. The van der Waals surface area contributed by atoms with Gasteiger partial charge in [-0.1, -0.05) is 13.0 Å². The summed E-state index contributed by atoms with van der Waals surface area (Å²) in [7, 11) is 0. The number of carbonyl (C=O) groups is 1. The Morgan fingerprint density at radius 2 is 1.91 bits per heavy atom. The van der Waals surface area contributed by atoms with Crippen LogP contribution in [0.2, 0.25) is 0 Å². The molecule has 10 heteroatoms. The molecular weight excluding hydrogens is 461 g/mol. The fourth-order valence-corrected chi connectivity index (χ4v) is 4.35. The number of carbonyl (C=O) groups excluding carboxylic acids is 1. The molecule has 0 radical (unpaired) electrons. The first kappa shape index (κ1) is 24.8. The summed E-state index contributed by atoms with van der Waals surface area (Å²) in [5.41, 5.74) is 4.42. The first-order valence-electron chi connectivity index (χ1n) is 11.1. The lowest BCUT2D eigenvalue weighted by atomic mass is 9.80. The van der Waals surface area contributed by atoms with Gasteiger partial charge >= 0.3 is 0 Å². The minimum Gasteiger partial charge on any atom is -0.386 e. The second-order valence-corrected chi connectivity index (χ2v) is 8.49. The van der Waals surface area contributed by atoms with Crippen molar-refractivity contribution in [3.8, 4) is 11.3 Å². The molecule has 0 unspecified atom stereocenters. The molecule has 0 bridgehead atoms. The Labute approximate surface area is 200 Å². The van der Waals surface area contributed by atoms with Crippen molar-refractivity contribution >= 4 is 11.6 Å². The molecule has 0 saturated carbocycles. The Morgan fingerprint density at radius 1 is 1.20 bits per heavy atom. The second kappa shape index (κ2) is 9.73. The van der Waals surface area contributed by atoms with Crippen LogP contribution < -0.4 is 11.1 Å². The maximum Gasteiger partial charge on any atom is 0.274 e. The predicted molar refractivity (Wildman–Crippen MR) is 123 cm³/mol. The number of ether oxygens (including phenoxy) is 1. The van der Waals surface area contributed by atoms with Crippen LogP contribution in [0.25, 0.3) is 11.3 Å². The van der Waals surface area contributed by atoms with Gasteiger partial charge in [-0.25, -0.2) is 18.2 Å². The second-order valence-electron chi connectivity index (χ2n) is 8.49. The highest BCUT2D eigenvalue weighted by Crippen LogP contribution is 2.40. The first-order valence-corrected chi connectivity index (χ1v) is 11.1. The standard InChI is InChI=1S/C25H25F3N4O3/c1-3-25(34)13(2)35-20(11-21(25)29)14-9-10-30-12-19(14)32-24(33)18-8-7-17(28)23(31-18)22-15(26)5-4-6-16(22)27/h4-10,12-13,20-21,34H,3,11,29H2,1-2H3,(H,32,33)/t13-,20-,21-,25-/m1/s1. The van der Waals surface area contributed by atoms with Gasteiger partial charge in [0.15, 0.2) is 0 Å².